The predicted molar refractivity (Wildman–Crippen MR) is 96.6 cm³/mol. The van der Waals surface area contributed by atoms with Crippen LogP contribution in [0.2, 0.25) is 0 Å². The first-order chi connectivity index (χ1) is 11.3. The minimum absolute atomic E-state index is 0.0320. The zero-order valence-corrected chi connectivity index (χ0v) is 15.4. The monoisotopic (exact) mass is 330 g/mol. The van der Waals surface area contributed by atoms with Crippen molar-refractivity contribution < 1.29 is 9.59 Å². The van der Waals surface area contributed by atoms with E-state index in [9.17, 15) is 9.59 Å². The first-order valence-electron chi connectivity index (χ1n) is 8.92. The number of rotatable bonds is 5. The molecule has 24 heavy (non-hydrogen) atoms. The number of benzene rings is 1. The van der Waals surface area contributed by atoms with Gasteiger partial charge in [0.1, 0.15) is 0 Å². The zero-order valence-electron chi connectivity index (χ0n) is 15.4. The summed E-state index contributed by atoms with van der Waals surface area (Å²) in [5.41, 5.74) is 2.28. The predicted octanol–water partition coefficient (Wildman–Crippen LogP) is 3.46. The Morgan fingerprint density at radius 2 is 1.96 bits per heavy atom. The molecule has 1 aliphatic rings. The Bertz CT molecular complexity index is 590. The maximum Gasteiger partial charge on any atom is 0.225 e. The number of hydrogen-bond donors (Lipinski definition) is 1. The molecule has 1 N–H and O–H groups in total. The molecule has 4 nitrogen and oxygen atoms in total. The molecular weight excluding hydrogens is 300 g/mol. The zero-order chi connectivity index (χ0) is 17.7. The van der Waals surface area contributed by atoms with Gasteiger partial charge in [-0.05, 0) is 36.8 Å². The first-order valence-corrected chi connectivity index (χ1v) is 8.92. The summed E-state index contributed by atoms with van der Waals surface area (Å²) in [6.07, 6.45) is 4.41. The molecule has 0 radical (unpaired) electrons. The van der Waals surface area contributed by atoms with Gasteiger partial charge < -0.3 is 10.2 Å². The van der Waals surface area contributed by atoms with E-state index in [2.05, 4.69) is 29.6 Å². The van der Waals surface area contributed by atoms with Crippen LogP contribution >= 0.6 is 0 Å². The van der Waals surface area contributed by atoms with Crippen LogP contribution in [0.1, 0.15) is 63.6 Å². The Labute approximate surface area is 145 Å². The number of carbonyl (C=O) groups excluding carboxylic acids is 2. The number of fused-ring (bicyclic) bond motifs is 1. The van der Waals surface area contributed by atoms with Gasteiger partial charge in [0, 0.05) is 25.4 Å². The lowest BCUT2D eigenvalue weighted by molar-refractivity contribution is -0.133. The average molecular weight is 330 g/mol. The summed E-state index contributed by atoms with van der Waals surface area (Å²) in [5.74, 6) is 0.186. The standard InChI is InChI=1S/C20H30N2O2/c1-20(2,3)19(24)21-14-8-13-18(23)22(4)17-12-7-10-15-9-5-6-11-16(15)17/h5-6,9,11,17H,7-8,10,12-14H2,1-4H3,(H,21,24). The Morgan fingerprint density at radius 1 is 1.25 bits per heavy atom. The maximum absolute atomic E-state index is 12.5. The van der Waals surface area contributed by atoms with Crippen molar-refractivity contribution in [2.45, 2.75) is 58.9 Å². The number of nitrogens with zero attached hydrogens (tertiary/aromatic N) is 1. The Kier molecular flexibility index (Phi) is 6.03. The first kappa shape index (κ1) is 18.5. The van der Waals surface area contributed by atoms with E-state index in [1.165, 1.54) is 11.1 Å². The minimum atomic E-state index is -0.382. The van der Waals surface area contributed by atoms with Crippen LogP contribution in [-0.4, -0.2) is 30.3 Å². The normalized spacial score (nSPS) is 17.1. The highest BCUT2D eigenvalue weighted by Gasteiger charge is 2.26. The van der Waals surface area contributed by atoms with Gasteiger partial charge in [0.05, 0.1) is 6.04 Å². The second-order valence-electron chi connectivity index (χ2n) is 7.72. The molecule has 132 valence electrons. The largest absolute Gasteiger partial charge is 0.356 e. The van der Waals surface area contributed by atoms with Gasteiger partial charge in [0.25, 0.3) is 0 Å². The molecule has 0 saturated heterocycles. The van der Waals surface area contributed by atoms with Crippen molar-refractivity contribution in [3.8, 4) is 0 Å². The van der Waals surface area contributed by atoms with E-state index >= 15 is 0 Å². The smallest absolute Gasteiger partial charge is 0.225 e. The summed E-state index contributed by atoms with van der Waals surface area (Å²) in [5, 5.41) is 2.90. The van der Waals surface area contributed by atoms with Crippen molar-refractivity contribution >= 4 is 11.8 Å². The number of aryl methyl sites for hydroxylation is 1. The molecule has 2 amide bonds. The molecular formula is C20H30N2O2. The van der Waals surface area contributed by atoms with Gasteiger partial charge in [0.15, 0.2) is 0 Å². The lowest BCUT2D eigenvalue weighted by Gasteiger charge is -2.33. The maximum atomic E-state index is 12.5. The SMILES string of the molecule is CN(C(=O)CCCNC(=O)C(C)(C)C)C1CCCc2ccccc21. The molecule has 0 aromatic heterocycles. The van der Waals surface area contributed by atoms with E-state index in [4.69, 9.17) is 0 Å². The highest BCUT2D eigenvalue weighted by Crippen LogP contribution is 2.33. The van der Waals surface area contributed by atoms with Gasteiger partial charge >= 0.3 is 0 Å². The second kappa shape index (κ2) is 7.82. The summed E-state index contributed by atoms with van der Waals surface area (Å²) in [4.78, 5) is 26.2. The van der Waals surface area contributed by atoms with Crippen molar-refractivity contribution in [3.63, 3.8) is 0 Å². The van der Waals surface area contributed by atoms with Crippen molar-refractivity contribution in [2.24, 2.45) is 5.41 Å². The molecule has 1 unspecified atom stereocenters. The van der Waals surface area contributed by atoms with Gasteiger partial charge in [-0.2, -0.15) is 0 Å². The fraction of sp³-hybridized carbons (Fsp3) is 0.600. The molecule has 0 fully saturated rings. The minimum Gasteiger partial charge on any atom is -0.356 e. The molecule has 1 aromatic carbocycles. The Hall–Kier alpha value is -1.84. The van der Waals surface area contributed by atoms with Crippen LogP contribution in [0.3, 0.4) is 0 Å². The van der Waals surface area contributed by atoms with E-state index in [1.54, 1.807) is 0 Å². The molecule has 1 aliphatic carbocycles. The Balaban J connectivity index is 1.84. The quantitative estimate of drug-likeness (QED) is 0.841. The highest BCUT2D eigenvalue weighted by atomic mass is 16.2. The Morgan fingerprint density at radius 3 is 2.67 bits per heavy atom. The topological polar surface area (TPSA) is 49.4 Å². The number of nitrogens with one attached hydrogen (secondary N) is 1. The summed E-state index contributed by atoms with van der Waals surface area (Å²) < 4.78 is 0. The third-order valence-corrected chi connectivity index (χ3v) is 4.73. The lowest BCUT2D eigenvalue weighted by atomic mass is 9.87. The summed E-state index contributed by atoms with van der Waals surface area (Å²) in [6, 6.07) is 8.62. The van der Waals surface area contributed by atoms with Gasteiger partial charge in [-0.25, -0.2) is 0 Å². The molecule has 0 spiro atoms. The fourth-order valence-corrected chi connectivity index (χ4v) is 3.19. The van der Waals surface area contributed by atoms with E-state index in [-0.39, 0.29) is 23.3 Å². The van der Waals surface area contributed by atoms with Crippen molar-refractivity contribution in [3.05, 3.63) is 35.4 Å². The highest BCUT2D eigenvalue weighted by molar-refractivity contribution is 5.81. The van der Waals surface area contributed by atoms with Crippen LogP contribution in [0, 0.1) is 5.41 Å². The van der Waals surface area contributed by atoms with E-state index in [0.717, 1.165) is 19.3 Å². The third kappa shape index (κ3) is 4.59. The van der Waals surface area contributed by atoms with Crippen molar-refractivity contribution in [1.29, 1.82) is 0 Å². The van der Waals surface area contributed by atoms with Crippen LogP contribution in [0.15, 0.2) is 24.3 Å². The third-order valence-electron chi connectivity index (χ3n) is 4.73. The van der Waals surface area contributed by atoms with Gasteiger partial charge in [-0.1, -0.05) is 45.0 Å². The molecule has 1 aromatic rings. The van der Waals surface area contributed by atoms with Crippen LogP contribution < -0.4 is 5.32 Å². The summed E-state index contributed by atoms with van der Waals surface area (Å²) >= 11 is 0. The number of amides is 2. The van der Waals surface area contributed by atoms with Crippen LogP contribution in [0.25, 0.3) is 0 Å². The van der Waals surface area contributed by atoms with Crippen molar-refractivity contribution in [2.75, 3.05) is 13.6 Å². The van der Waals surface area contributed by atoms with Gasteiger partial charge in [-0.3, -0.25) is 9.59 Å². The summed E-state index contributed by atoms with van der Waals surface area (Å²) in [6.45, 7) is 6.22. The number of carbonyl (C=O) groups is 2. The molecule has 0 heterocycles. The van der Waals surface area contributed by atoms with Crippen LogP contribution in [-0.2, 0) is 16.0 Å². The molecule has 1 atom stereocenters. The summed E-state index contributed by atoms with van der Waals surface area (Å²) in [7, 11) is 1.91. The van der Waals surface area contributed by atoms with E-state index in [0.29, 0.717) is 19.4 Å². The average Bonchev–Trinajstić information content (AvgIpc) is 2.56. The van der Waals surface area contributed by atoms with Gasteiger partial charge in [-0.15, -0.1) is 0 Å². The molecule has 0 saturated carbocycles. The molecule has 0 aliphatic heterocycles. The van der Waals surface area contributed by atoms with Crippen LogP contribution in [0.4, 0.5) is 0 Å². The molecule has 4 heteroatoms. The molecule has 2 rings (SSSR count). The van der Waals surface area contributed by atoms with Crippen molar-refractivity contribution in [1.82, 2.24) is 10.2 Å². The second-order valence-corrected chi connectivity index (χ2v) is 7.72. The van der Waals surface area contributed by atoms with E-state index < -0.39 is 0 Å². The fourth-order valence-electron chi connectivity index (χ4n) is 3.19. The lowest BCUT2D eigenvalue weighted by Crippen LogP contribution is -2.36. The van der Waals surface area contributed by atoms with E-state index in [1.807, 2.05) is 32.7 Å². The number of hydrogen-bond acceptors (Lipinski definition) is 2. The molecule has 0 bridgehead atoms. The van der Waals surface area contributed by atoms with Gasteiger partial charge in [0.2, 0.25) is 11.8 Å². The van der Waals surface area contributed by atoms with Crippen LogP contribution in [0.5, 0.6) is 0 Å².